The number of rotatable bonds is 3. The second-order valence-electron chi connectivity index (χ2n) is 4.57. The number of esters is 1. The van der Waals surface area contributed by atoms with Crippen molar-refractivity contribution in [2.75, 3.05) is 18.6 Å². The highest BCUT2D eigenvalue weighted by atomic mass is 19.1. The van der Waals surface area contributed by atoms with E-state index in [4.69, 9.17) is 9.47 Å². The summed E-state index contributed by atoms with van der Waals surface area (Å²) in [5.41, 5.74) is 0.422. The van der Waals surface area contributed by atoms with Crippen LogP contribution in [0.2, 0.25) is 0 Å². The van der Waals surface area contributed by atoms with E-state index in [1.54, 1.807) is 17.0 Å². The molecular weight excluding hydrogens is 249 g/mol. The van der Waals surface area contributed by atoms with Gasteiger partial charge in [-0.05, 0) is 25.0 Å². The van der Waals surface area contributed by atoms with Crippen LogP contribution < -0.4 is 9.64 Å². The predicted octanol–water partition coefficient (Wildman–Crippen LogP) is 2.71. The van der Waals surface area contributed by atoms with Crippen LogP contribution >= 0.6 is 0 Å². The minimum atomic E-state index is -0.396. The zero-order valence-electron chi connectivity index (χ0n) is 11.2. The minimum Gasteiger partial charge on any atom is -0.497 e. The lowest BCUT2D eigenvalue weighted by atomic mass is 10.1. The average Bonchev–Trinajstić information content (AvgIpc) is 2.40. The van der Waals surface area contributed by atoms with Gasteiger partial charge in [-0.25, -0.2) is 4.39 Å². The van der Waals surface area contributed by atoms with Gasteiger partial charge in [-0.1, -0.05) is 0 Å². The van der Waals surface area contributed by atoms with Crippen LogP contribution in [0.25, 0.3) is 0 Å². The molecule has 1 unspecified atom stereocenters. The fourth-order valence-electron chi connectivity index (χ4n) is 2.33. The summed E-state index contributed by atoms with van der Waals surface area (Å²) in [5, 5.41) is 0. The van der Waals surface area contributed by atoms with Gasteiger partial charge in [0.2, 0.25) is 0 Å². The van der Waals surface area contributed by atoms with Crippen molar-refractivity contribution in [2.45, 2.75) is 32.4 Å². The monoisotopic (exact) mass is 267 g/mol. The second kappa shape index (κ2) is 5.91. The van der Waals surface area contributed by atoms with E-state index in [9.17, 15) is 9.18 Å². The molecule has 1 atom stereocenters. The molecule has 0 N–H and O–H groups in total. The van der Waals surface area contributed by atoms with Crippen LogP contribution in [0.4, 0.5) is 10.1 Å². The summed E-state index contributed by atoms with van der Waals surface area (Å²) in [6.45, 7) is 2.04. The quantitative estimate of drug-likeness (QED) is 0.789. The van der Waals surface area contributed by atoms with Gasteiger partial charge >= 0.3 is 5.97 Å². The van der Waals surface area contributed by atoms with E-state index in [0.717, 1.165) is 19.3 Å². The molecule has 1 aromatic rings. The van der Waals surface area contributed by atoms with Crippen molar-refractivity contribution in [3.63, 3.8) is 0 Å². The van der Waals surface area contributed by atoms with Gasteiger partial charge in [0.1, 0.15) is 11.6 Å². The first-order valence-electron chi connectivity index (χ1n) is 6.39. The van der Waals surface area contributed by atoms with Crippen molar-refractivity contribution in [3.05, 3.63) is 24.0 Å². The molecule has 1 aliphatic heterocycles. The normalized spacial score (nSPS) is 19.1. The van der Waals surface area contributed by atoms with Crippen molar-refractivity contribution in [1.82, 2.24) is 0 Å². The summed E-state index contributed by atoms with van der Waals surface area (Å²) in [5.74, 6) is -0.0939. The topological polar surface area (TPSA) is 38.8 Å². The molecular formula is C14H18FNO3. The number of piperidine rings is 1. The van der Waals surface area contributed by atoms with Crippen LogP contribution in [0.1, 0.15) is 26.2 Å². The Hall–Kier alpha value is -1.78. The zero-order valence-corrected chi connectivity index (χ0v) is 11.2. The second-order valence-corrected chi connectivity index (χ2v) is 4.57. The van der Waals surface area contributed by atoms with Crippen LogP contribution in [0.15, 0.2) is 18.2 Å². The Morgan fingerprint density at radius 1 is 1.42 bits per heavy atom. The maximum atomic E-state index is 14.0. The number of hydrogen-bond donors (Lipinski definition) is 0. The molecule has 1 aromatic carbocycles. The fraction of sp³-hybridized carbons (Fsp3) is 0.500. The van der Waals surface area contributed by atoms with Crippen LogP contribution in [-0.2, 0) is 9.53 Å². The van der Waals surface area contributed by atoms with E-state index < -0.39 is 6.23 Å². The average molecular weight is 267 g/mol. The predicted molar refractivity (Wildman–Crippen MR) is 69.7 cm³/mol. The molecule has 1 saturated heterocycles. The number of benzene rings is 1. The number of carbonyl (C=O) groups excluding carboxylic acids is 1. The largest absolute Gasteiger partial charge is 0.497 e. The molecule has 1 fully saturated rings. The number of anilines is 1. The van der Waals surface area contributed by atoms with Gasteiger partial charge in [0.05, 0.1) is 12.8 Å². The Morgan fingerprint density at radius 3 is 2.89 bits per heavy atom. The zero-order chi connectivity index (χ0) is 13.8. The van der Waals surface area contributed by atoms with E-state index >= 15 is 0 Å². The number of methoxy groups -OCH3 is 1. The van der Waals surface area contributed by atoms with Crippen molar-refractivity contribution in [1.29, 1.82) is 0 Å². The molecule has 0 radical (unpaired) electrons. The summed E-state index contributed by atoms with van der Waals surface area (Å²) in [4.78, 5) is 12.9. The molecule has 19 heavy (non-hydrogen) atoms. The highest BCUT2D eigenvalue weighted by Gasteiger charge is 2.27. The Bertz CT molecular complexity index is 464. The Balaban J connectivity index is 2.28. The summed E-state index contributed by atoms with van der Waals surface area (Å²) < 4.78 is 24.3. The standard InChI is InChI=1S/C14H18FNO3/c1-10(17)19-14-5-3-4-8-16(14)13-9-11(18-2)6-7-12(13)15/h6-7,9,14H,3-5,8H2,1-2H3. The summed E-state index contributed by atoms with van der Waals surface area (Å²) >= 11 is 0. The molecule has 4 nitrogen and oxygen atoms in total. The molecule has 0 amide bonds. The number of ether oxygens (including phenoxy) is 2. The van der Waals surface area contributed by atoms with Crippen LogP contribution in [-0.4, -0.2) is 25.9 Å². The highest BCUT2D eigenvalue weighted by Crippen LogP contribution is 2.30. The molecule has 1 heterocycles. The number of halogens is 1. The third-order valence-corrected chi connectivity index (χ3v) is 3.21. The third-order valence-electron chi connectivity index (χ3n) is 3.21. The molecule has 1 aliphatic rings. The lowest BCUT2D eigenvalue weighted by Gasteiger charge is -2.36. The van der Waals surface area contributed by atoms with Gasteiger partial charge in [-0.15, -0.1) is 0 Å². The first kappa shape index (κ1) is 13.6. The molecule has 0 saturated carbocycles. The van der Waals surface area contributed by atoms with Gasteiger partial charge in [0.15, 0.2) is 6.23 Å². The van der Waals surface area contributed by atoms with E-state index in [2.05, 4.69) is 0 Å². The van der Waals surface area contributed by atoms with E-state index in [1.165, 1.54) is 20.1 Å². The highest BCUT2D eigenvalue weighted by molar-refractivity contribution is 5.66. The summed E-state index contributed by atoms with van der Waals surface area (Å²) in [6, 6.07) is 4.58. The van der Waals surface area contributed by atoms with Crippen molar-refractivity contribution in [2.24, 2.45) is 0 Å². The Labute approximate surface area is 112 Å². The Morgan fingerprint density at radius 2 is 2.21 bits per heavy atom. The van der Waals surface area contributed by atoms with Crippen LogP contribution in [0.3, 0.4) is 0 Å². The molecule has 2 rings (SSSR count). The molecule has 0 bridgehead atoms. The minimum absolute atomic E-state index is 0.333. The van der Waals surface area contributed by atoms with E-state index in [-0.39, 0.29) is 11.8 Å². The van der Waals surface area contributed by atoms with Crippen molar-refractivity contribution < 1.29 is 18.7 Å². The number of hydrogen-bond acceptors (Lipinski definition) is 4. The molecule has 5 heteroatoms. The maximum absolute atomic E-state index is 14.0. The SMILES string of the molecule is COc1ccc(F)c(N2CCCCC2OC(C)=O)c1. The van der Waals surface area contributed by atoms with Gasteiger partial charge in [-0.2, -0.15) is 0 Å². The fourth-order valence-corrected chi connectivity index (χ4v) is 2.33. The van der Waals surface area contributed by atoms with E-state index in [0.29, 0.717) is 18.0 Å². The van der Waals surface area contributed by atoms with E-state index in [1.807, 2.05) is 0 Å². The third kappa shape index (κ3) is 3.16. The van der Waals surface area contributed by atoms with Crippen LogP contribution in [0, 0.1) is 5.82 Å². The maximum Gasteiger partial charge on any atom is 0.304 e. The van der Waals surface area contributed by atoms with Gasteiger partial charge < -0.3 is 14.4 Å². The first-order valence-corrected chi connectivity index (χ1v) is 6.39. The summed E-state index contributed by atoms with van der Waals surface area (Å²) in [7, 11) is 1.54. The number of carbonyl (C=O) groups is 1. The Kier molecular flexibility index (Phi) is 4.24. The van der Waals surface area contributed by atoms with Crippen LogP contribution in [0.5, 0.6) is 5.75 Å². The van der Waals surface area contributed by atoms with Gasteiger partial charge in [-0.3, -0.25) is 4.79 Å². The van der Waals surface area contributed by atoms with Gasteiger partial charge in [0, 0.05) is 26.0 Å². The smallest absolute Gasteiger partial charge is 0.304 e. The molecule has 0 aliphatic carbocycles. The molecule has 104 valence electrons. The summed E-state index contributed by atoms with van der Waals surface area (Å²) in [6.07, 6.45) is 2.25. The first-order chi connectivity index (χ1) is 9.11. The van der Waals surface area contributed by atoms with Crippen molar-refractivity contribution in [3.8, 4) is 5.75 Å². The molecule has 0 spiro atoms. The van der Waals surface area contributed by atoms with Gasteiger partial charge in [0.25, 0.3) is 0 Å². The van der Waals surface area contributed by atoms with Crippen molar-refractivity contribution >= 4 is 11.7 Å². The lowest BCUT2D eigenvalue weighted by molar-refractivity contribution is -0.147. The lowest BCUT2D eigenvalue weighted by Crippen LogP contribution is -2.42. The number of nitrogens with zero attached hydrogens (tertiary/aromatic N) is 1. The molecule has 0 aromatic heterocycles.